The molecule has 12 heavy (non-hydrogen) atoms. The fourth-order valence-corrected chi connectivity index (χ4v) is 0.905. The molecule has 0 aliphatic heterocycles. The van der Waals surface area contributed by atoms with Crippen molar-refractivity contribution >= 4 is 0 Å². The predicted octanol–water partition coefficient (Wildman–Crippen LogP) is 3.97. The molecule has 0 saturated carbocycles. The third kappa shape index (κ3) is 7.39. The summed E-state index contributed by atoms with van der Waals surface area (Å²) in [5, 5.41) is 9.07. The normalized spacial score (nSPS) is 12.7. The van der Waals surface area contributed by atoms with Gasteiger partial charge in [0.05, 0.1) is 5.76 Å². The van der Waals surface area contributed by atoms with Crippen LogP contribution >= 0.6 is 0 Å². The molecule has 0 amide bonds. The maximum atomic E-state index is 9.07. The van der Waals surface area contributed by atoms with Crippen LogP contribution in [0.5, 0.6) is 0 Å². The zero-order valence-electron chi connectivity index (χ0n) is 8.21. The largest absolute Gasteiger partial charge is 0.512 e. The lowest BCUT2D eigenvalue weighted by atomic mass is 10.2. The smallest absolute Gasteiger partial charge is 0.0919 e. The van der Waals surface area contributed by atoms with E-state index in [4.69, 9.17) is 5.11 Å². The zero-order valence-corrected chi connectivity index (χ0v) is 8.21. The molecule has 1 N–H and O–H groups in total. The molecule has 0 aromatic carbocycles. The van der Waals surface area contributed by atoms with Crippen LogP contribution in [0.25, 0.3) is 0 Å². The van der Waals surface area contributed by atoms with Gasteiger partial charge >= 0.3 is 0 Å². The third-order valence-corrected chi connectivity index (χ3v) is 1.76. The van der Waals surface area contributed by atoms with E-state index in [2.05, 4.69) is 13.0 Å². The van der Waals surface area contributed by atoms with E-state index >= 15 is 0 Å². The van der Waals surface area contributed by atoms with Crippen LogP contribution in [0, 0.1) is 0 Å². The molecular formula is C11H20O. The summed E-state index contributed by atoms with van der Waals surface area (Å²) in [6.07, 6.45) is 11.5. The van der Waals surface area contributed by atoms with Crippen LogP contribution in [0.2, 0.25) is 0 Å². The van der Waals surface area contributed by atoms with Crippen molar-refractivity contribution in [3.63, 3.8) is 0 Å². The van der Waals surface area contributed by atoms with E-state index in [1.165, 1.54) is 19.3 Å². The molecule has 0 atom stereocenters. The quantitative estimate of drug-likeness (QED) is 0.361. The van der Waals surface area contributed by atoms with Crippen molar-refractivity contribution in [2.24, 2.45) is 0 Å². The minimum atomic E-state index is 0.460. The van der Waals surface area contributed by atoms with Crippen LogP contribution in [0.3, 0.4) is 0 Å². The van der Waals surface area contributed by atoms with Gasteiger partial charge in [0.1, 0.15) is 0 Å². The molecular weight excluding hydrogens is 148 g/mol. The zero-order chi connectivity index (χ0) is 9.23. The van der Waals surface area contributed by atoms with Crippen molar-refractivity contribution in [2.75, 3.05) is 0 Å². The average Bonchev–Trinajstić information content (AvgIpc) is 2.10. The molecule has 0 bridgehead atoms. The van der Waals surface area contributed by atoms with E-state index in [1.54, 1.807) is 6.08 Å². The van der Waals surface area contributed by atoms with E-state index in [0.717, 1.165) is 12.8 Å². The molecule has 1 nitrogen and oxygen atoms in total. The number of allylic oxidation sites excluding steroid dienone is 4. The first-order valence-electron chi connectivity index (χ1n) is 4.85. The number of hydrogen-bond donors (Lipinski definition) is 1. The van der Waals surface area contributed by atoms with E-state index in [0.29, 0.717) is 5.76 Å². The highest BCUT2D eigenvalue weighted by Crippen LogP contribution is 2.00. The Hall–Kier alpha value is -0.720. The van der Waals surface area contributed by atoms with E-state index in [9.17, 15) is 0 Å². The number of unbranched alkanes of at least 4 members (excludes halogenated alkanes) is 3. The summed E-state index contributed by atoms with van der Waals surface area (Å²) in [5.41, 5.74) is 0. The highest BCUT2D eigenvalue weighted by atomic mass is 16.3. The van der Waals surface area contributed by atoms with Gasteiger partial charge in [0.2, 0.25) is 0 Å². The number of aliphatic hydroxyl groups excluding tert-OH is 1. The Morgan fingerprint density at radius 2 is 2.00 bits per heavy atom. The minimum absolute atomic E-state index is 0.460. The molecule has 0 aromatic heterocycles. The molecule has 0 saturated heterocycles. The maximum absolute atomic E-state index is 9.07. The lowest BCUT2D eigenvalue weighted by molar-refractivity contribution is 0.395. The first-order valence-corrected chi connectivity index (χ1v) is 4.85. The summed E-state index contributed by atoms with van der Waals surface area (Å²) in [6, 6.07) is 0. The Kier molecular flexibility index (Phi) is 7.87. The molecule has 0 aromatic rings. The number of hydrogen-bond acceptors (Lipinski definition) is 1. The second-order valence-corrected chi connectivity index (χ2v) is 2.94. The summed E-state index contributed by atoms with van der Waals surface area (Å²) in [4.78, 5) is 0. The van der Waals surface area contributed by atoms with Gasteiger partial charge in [-0.2, -0.15) is 0 Å². The van der Waals surface area contributed by atoms with Gasteiger partial charge in [-0.15, -0.1) is 0 Å². The standard InChI is InChI=1S/C11H20O/c1-3-5-6-7-8-9-10-11(12)4-2/h8-10,12H,3-7H2,1-2H3/b9-8+,11-10+. The molecule has 0 unspecified atom stereocenters. The van der Waals surface area contributed by atoms with Gasteiger partial charge in [0.15, 0.2) is 0 Å². The first kappa shape index (κ1) is 11.3. The first-order chi connectivity index (χ1) is 5.81. The van der Waals surface area contributed by atoms with Crippen LogP contribution in [0.1, 0.15) is 46.0 Å². The molecule has 0 radical (unpaired) electrons. The Morgan fingerprint density at radius 1 is 1.25 bits per heavy atom. The van der Waals surface area contributed by atoms with Crippen molar-refractivity contribution in [3.8, 4) is 0 Å². The van der Waals surface area contributed by atoms with Gasteiger partial charge in [-0.1, -0.05) is 38.8 Å². The van der Waals surface area contributed by atoms with Crippen molar-refractivity contribution in [1.82, 2.24) is 0 Å². The predicted molar refractivity (Wildman–Crippen MR) is 54.3 cm³/mol. The SMILES string of the molecule is CCCCC/C=C/C=C(/O)CC. The Morgan fingerprint density at radius 3 is 2.58 bits per heavy atom. The summed E-state index contributed by atoms with van der Waals surface area (Å²) >= 11 is 0. The number of rotatable bonds is 6. The van der Waals surface area contributed by atoms with Gasteiger partial charge in [-0.3, -0.25) is 0 Å². The lowest BCUT2D eigenvalue weighted by Gasteiger charge is -1.91. The van der Waals surface area contributed by atoms with Crippen LogP contribution in [0.15, 0.2) is 24.0 Å². The van der Waals surface area contributed by atoms with Gasteiger partial charge in [0, 0.05) is 6.42 Å². The van der Waals surface area contributed by atoms with Gasteiger partial charge in [-0.25, -0.2) is 0 Å². The molecule has 0 aliphatic carbocycles. The summed E-state index contributed by atoms with van der Waals surface area (Å²) in [5.74, 6) is 0.460. The molecule has 0 rings (SSSR count). The summed E-state index contributed by atoms with van der Waals surface area (Å²) < 4.78 is 0. The van der Waals surface area contributed by atoms with Gasteiger partial charge in [-0.05, 0) is 18.9 Å². The molecule has 0 heterocycles. The molecule has 0 aliphatic rings. The fourth-order valence-electron chi connectivity index (χ4n) is 0.905. The highest BCUT2D eigenvalue weighted by molar-refractivity contribution is 5.05. The van der Waals surface area contributed by atoms with Crippen molar-refractivity contribution in [3.05, 3.63) is 24.0 Å². The van der Waals surface area contributed by atoms with Crippen LogP contribution in [-0.4, -0.2) is 5.11 Å². The van der Waals surface area contributed by atoms with Crippen molar-refractivity contribution < 1.29 is 5.11 Å². The minimum Gasteiger partial charge on any atom is -0.512 e. The molecule has 70 valence electrons. The molecule has 0 fully saturated rings. The average molecular weight is 168 g/mol. The van der Waals surface area contributed by atoms with Crippen LogP contribution in [0.4, 0.5) is 0 Å². The monoisotopic (exact) mass is 168 g/mol. The summed E-state index contributed by atoms with van der Waals surface area (Å²) in [6.45, 7) is 4.14. The number of aliphatic hydroxyl groups is 1. The highest BCUT2D eigenvalue weighted by Gasteiger charge is 1.82. The lowest BCUT2D eigenvalue weighted by Crippen LogP contribution is -1.74. The Balaban J connectivity index is 3.36. The Bertz CT molecular complexity index is 145. The molecule has 1 heteroatoms. The molecule has 0 spiro atoms. The second-order valence-electron chi connectivity index (χ2n) is 2.94. The maximum Gasteiger partial charge on any atom is 0.0919 e. The van der Waals surface area contributed by atoms with E-state index in [-0.39, 0.29) is 0 Å². The Labute approximate surface area is 75.8 Å². The van der Waals surface area contributed by atoms with Gasteiger partial charge < -0.3 is 5.11 Å². The van der Waals surface area contributed by atoms with Gasteiger partial charge in [0.25, 0.3) is 0 Å². The van der Waals surface area contributed by atoms with Crippen molar-refractivity contribution in [2.45, 2.75) is 46.0 Å². The van der Waals surface area contributed by atoms with Crippen molar-refractivity contribution in [1.29, 1.82) is 0 Å². The van der Waals surface area contributed by atoms with Crippen LogP contribution < -0.4 is 0 Å². The summed E-state index contributed by atoms with van der Waals surface area (Å²) in [7, 11) is 0. The second kappa shape index (κ2) is 8.38. The fraction of sp³-hybridized carbons (Fsp3) is 0.636. The third-order valence-electron chi connectivity index (χ3n) is 1.76. The van der Waals surface area contributed by atoms with Crippen LogP contribution in [-0.2, 0) is 0 Å². The topological polar surface area (TPSA) is 20.2 Å². The van der Waals surface area contributed by atoms with E-state index < -0.39 is 0 Å². The van der Waals surface area contributed by atoms with E-state index in [1.807, 2.05) is 13.0 Å².